The van der Waals surface area contributed by atoms with Crippen molar-refractivity contribution in [1.29, 1.82) is 0 Å². The maximum atomic E-state index is 13.8. The number of halogens is 1. The van der Waals surface area contributed by atoms with Gasteiger partial charge in [-0.15, -0.1) is 0 Å². The molecule has 0 bridgehead atoms. The van der Waals surface area contributed by atoms with Crippen molar-refractivity contribution in [3.8, 4) is 0 Å². The molecule has 0 saturated carbocycles. The number of aryl methyl sites for hydroxylation is 1. The van der Waals surface area contributed by atoms with Gasteiger partial charge in [0, 0.05) is 28.7 Å². The monoisotopic (exact) mass is 514 g/mol. The number of aliphatic hydroxyl groups is 1. The SMILES string of the molecule is CCc1ccc(C2C(C(=O)c3cc4cc(Cl)ccc4o3)=C(O)C(=O)N2c2cccc(NC(C)=O)c2)cc1. The minimum absolute atomic E-state index is 0.0179. The molecule has 1 unspecified atom stereocenters. The van der Waals surface area contributed by atoms with Gasteiger partial charge in [-0.25, -0.2) is 0 Å². The smallest absolute Gasteiger partial charge is 0.294 e. The summed E-state index contributed by atoms with van der Waals surface area (Å²) in [7, 11) is 0. The Morgan fingerprint density at radius 1 is 1.05 bits per heavy atom. The molecule has 4 aromatic rings. The van der Waals surface area contributed by atoms with Crippen molar-refractivity contribution >= 4 is 51.5 Å². The molecule has 2 heterocycles. The molecule has 0 saturated heterocycles. The molecule has 7 nitrogen and oxygen atoms in total. The highest BCUT2D eigenvalue weighted by atomic mass is 35.5. The molecule has 2 N–H and O–H groups in total. The molecule has 37 heavy (non-hydrogen) atoms. The van der Waals surface area contributed by atoms with Crippen molar-refractivity contribution in [2.75, 3.05) is 10.2 Å². The molecule has 1 aromatic heterocycles. The first-order chi connectivity index (χ1) is 17.8. The Kier molecular flexibility index (Phi) is 6.31. The van der Waals surface area contributed by atoms with Crippen molar-refractivity contribution in [3.63, 3.8) is 0 Å². The van der Waals surface area contributed by atoms with E-state index in [0.29, 0.717) is 32.9 Å². The molecule has 0 radical (unpaired) electrons. The normalized spacial score (nSPS) is 15.5. The van der Waals surface area contributed by atoms with Crippen LogP contribution in [-0.2, 0) is 16.0 Å². The van der Waals surface area contributed by atoms with E-state index in [4.69, 9.17) is 16.0 Å². The first kappa shape index (κ1) is 24.3. The van der Waals surface area contributed by atoms with Crippen LogP contribution in [0.2, 0.25) is 5.02 Å². The number of nitrogens with one attached hydrogen (secondary N) is 1. The second kappa shape index (κ2) is 9.59. The summed E-state index contributed by atoms with van der Waals surface area (Å²) < 4.78 is 5.77. The zero-order chi connectivity index (χ0) is 26.3. The predicted octanol–water partition coefficient (Wildman–Crippen LogP) is 6.39. The number of Topliss-reactive ketones (excluding diaryl/α,β-unsaturated/α-hetero) is 1. The quantitative estimate of drug-likeness (QED) is 0.290. The van der Waals surface area contributed by atoms with Crippen LogP contribution in [0, 0.1) is 0 Å². The molecule has 2 amide bonds. The molecule has 5 rings (SSSR count). The Bertz CT molecular complexity index is 1590. The number of ketones is 1. The average molecular weight is 515 g/mol. The summed E-state index contributed by atoms with van der Waals surface area (Å²) in [4.78, 5) is 40.2. The van der Waals surface area contributed by atoms with E-state index < -0.39 is 23.5 Å². The summed E-state index contributed by atoms with van der Waals surface area (Å²) >= 11 is 6.08. The number of furan rings is 1. The van der Waals surface area contributed by atoms with Crippen molar-refractivity contribution in [1.82, 2.24) is 0 Å². The number of benzene rings is 3. The van der Waals surface area contributed by atoms with Crippen LogP contribution < -0.4 is 10.2 Å². The highest BCUT2D eigenvalue weighted by Gasteiger charge is 2.45. The fraction of sp³-hybridized carbons (Fsp3) is 0.138. The maximum absolute atomic E-state index is 13.8. The van der Waals surface area contributed by atoms with Crippen LogP contribution in [0.3, 0.4) is 0 Å². The minimum atomic E-state index is -0.921. The Labute approximate surface area is 218 Å². The minimum Gasteiger partial charge on any atom is -0.503 e. The Balaban J connectivity index is 1.64. The van der Waals surface area contributed by atoms with Crippen molar-refractivity contribution in [3.05, 3.63) is 106 Å². The van der Waals surface area contributed by atoms with E-state index in [1.54, 1.807) is 48.5 Å². The molecule has 1 atom stereocenters. The van der Waals surface area contributed by atoms with E-state index in [2.05, 4.69) is 5.32 Å². The van der Waals surface area contributed by atoms with Crippen LogP contribution in [0.15, 0.2) is 88.5 Å². The largest absolute Gasteiger partial charge is 0.503 e. The molecular weight excluding hydrogens is 492 g/mol. The molecular formula is C29H23ClN2O5. The topological polar surface area (TPSA) is 99.8 Å². The predicted molar refractivity (Wildman–Crippen MR) is 142 cm³/mol. The molecule has 8 heteroatoms. The molecule has 3 aromatic carbocycles. The Morgan fingerprint density at radius 2 is 1.81 bits per heavy atom. The lowest BCUT2D eigenvalue weighted by molar-refractivity contribution is -0.117. The molecule has 0 spiro atoms. The summed E-state index contributed by atoms with van der Waals surface area (Å²) in [6.45, 7) is 3.42. The third-order valence-electron chi connectivity index (χ3n) is 6.30. The van der Waals surface area contributed by atoms with Gasteiger partial charge in [0.25, 0.3) is 5.91 Å². The van der Waals surface area contributed by atoms with E-state index in [1.165, 1.54) is 11.8 Å². The van der Waals surface area contributed by atoms with Crippen LogP contribution in [-0.4, -0.2) is 22.7 Å². The molecule has 0 aliphatic carbocycles. The van der Waals surface area contributed by atoms with E-state index >= 15 is 0 Å². The number of carbonyl (C=O) groups is 3. The zero-order valence-electron chi connectivity index (χ0n) is 20.1. The molecule has 0 fully saturated rings. The van der Waals surface area contributed by atoms with Gasteiger partial charge in [0.05, 0.1) is 11.6 Å². The third-order valence-corrected chi connectivity index (χ3v) is 6.54. The average Bonchev–Trinajstić information content (AvgIpc) is 3.42. The van der Waals surface area contributed by atoms with Crippen molar-refractivity contribution < 1.29 is 23.9 Å². The first-order valence-corrected chi connectivity index (χ1v) is 12.1. The van der Waals surface area contributed by atoms with E-state index in [9.17, 15) is 19.5 Å². The van der Waals surface area contributed by atoms with Crippen LogP contribution in [0.25, 0.3) is 11.0 Å². The van der Waals surface area contributed by atoms with Crippen LogP contribution >= 0.6 is 11.6 Å². The van der Waals surface area contributed by atoms with Gasteiger partial charge in [0.15, 0.2) is 11.5 Å². The van der Waals surface area contributed by atoms with Crippen LogP contribution in [0.1, 0.15) is 41.6 Å². The number of anilines is 2. The van der Waals surface area contributed by atoms with Gasteiger partial charge in [0.1, 0.15) is 5.58 Å². The second-order valence-corrected chi connectivity index (χ2v) is 9.22. The van der Waals surface area contributed by atoms with Crippen molar-refractivity contribution in [2.24, 2.45) is 0 Å². The zero-order valence-corrected chi connectivity index (χ0v) is 20.9. The third kappa shape index (κ3) is 4.49. The number of rotatable bonds is 6. The van der Waals surface area contributed by atoms with Gasteiger partial charge < -0.3 is 14.8 Å². The maximum Gasteiger partial charge on any atom is 0.294 e. The van der Waals surface area contributed by atoms with E-state index in [1.807, 2.05) is 31.2 Å². The number of fused-ring (bicyclic) bond motifs is 1. The number of carbonyl (C=O) groups excluding carboxylic acids is 3. The standard InChI is InChI=1S/C29H23ClN2O5/c1-3-17-7-9-18(10-8-17)26-25(27(34)24-14-19-13-20(30)11-12-23(19)37-24)28(35)29(36)32(26)22-6-4-5-21(15-22)31-16(2)33/h4-15,26,35H,3H2,1-2H3,(H,31,33). The molecule has 1 aliphatic rings. The summed E-state index contributed by atoms with van der Waals surface area (Å²) in [6, 6.07) is 19.8. The lowest BCUT2D eigenvalue weighted by Gasteiger charge is -2.27. The number of hydrogen-bond acceptors (Lipinski definition) is 5. The lowest BCUT2D eigenvalue weighted by Crippen LogP contribution is -2.31. The molecule has 186 valence electrons. The Morgan fingerprint density at radius 3 is 2.51 bits per heavy atom. The number of aliphatic hydroxyl groups excluding tert-OH is 1. The van der Waals surface area contributed by atoms with Gasteiger partial charge >= 0.3 is 0 Å². The summed E-state index contributed by atoms with van der Waals surface area (Å²) in [6.07, 6.45) is 0.820. The van der Waals surface area contributed by atoms with Gasteiger partial charge in [0.2, 0.25) is 11.7 Å². The number of amides is 2. The van der Waals surface area contributed by atoms with Gasteiger partial charge in [-0.2, -0.15) is 0 Å². The first-order valence-electron chi connectivity index (χ1n) is 11.7. The summed E-state index contributed by atoms with van der Waals surface area (Å²) in [5.41, 5.74) is 2.98. The van der Waals surface area contributed by atoms with Gasteiger partial charge in [-0.3, -0.25) is 19.3 Å². The van der Waals surface area contributed by atoms with E-state index in [-0.39, 0.29) is 17.2 Å². The Hall–Kier alpha value is -4.36. The van der Waals surface area contributed by atoms with Crippen molar-refractivity contribution in [2.45, 2.75) is 26.3 Å². The fourth-order valence-corrected chi connectivity index (χ4v) is 4.73. The summed E-state index contributed by atoms with van der Waals surface area (Å²) in [5.74, 6) is -2.28. The fourth-order valence-electron chi connectivity index (χ4n) is 4.55. The van der Waals surface area contributed by atoms with E-state index in [0.717, 1.165) is 12.0 Å². The lowest BCUT2D eigenvalue weighted by atomic mass is 9.94. The second-order valence-electron chi connectivity index (χ2n) is 8.79. The van der Waals surface area contributed by atoms with Crippen LogP contribution in [0.5, 0.6) is 0 Å². The van der Waals surface area contributed by atoms with Crippen LogP contribution in [0.4, 0.5) is 11.4 Å². The van der Waals surface area contributed by atoms with Gasteiger partial charge in [-0.05, 0) is 60.0 Å². The highest BCUT2D eigenvalue weighted by molar-refractivity contribution is 6.31. The number of hydrogen-bond donors (Lipinski definition) is 2. The van der Waals surface area contributed by atoms with Gasteiger partial charge in [-0.1, -0.05) is 48.9 Å². The molecule has 1 aliphatic heterocycles. The summed E-state index contributed by atoms with van der Waals surface area (Å²) in [5, 5.41) is 14.8. The number of nitrogens with zero attached hydrogens (tertiary/aromatic N) is 1. The highest BCUT2D eigenvalue weighted by Crippen LogP contribution is 2.43.